The number of piperidine rings is 1. The second kappa shape index (κ2) is 4.42. The van der Waals surface area contributed by atoms with Crippen LogP contribution >= 0.6 is 11.3 Å². The first-order valence-corrected chi connectivity index (χ1v) is 7.14. The first-order valence-electron chi connectivity index (χ1n) is 6.33. The SMILES string of the molecule is CN1CCCc2cc(C3CNCCC3=O)sc21. The van der Waals surface area contributed by atoms with E-state index in [-0.39, 0.29) is 5.92 Å². The molecule has 3 heterocycles. The summed E-state index contributed by atoms with van der Waals surface area (Å²) in [5, 5.41) is 4.71. The first kappa shape index (κ1) is 11.2. The van der Waals surface area contributed by atoms with E-state index in [4.69, 9.17) is 0 Å². The molecule has 2 aliphatic heterocycles. The van der Waals surface area contributed by atoms with Crippen LogP contribution in [0.1, 0.15) is 29.2 Å². The smallest absolute Gasteiger partial charge is 0.143 e. The van der Waals surface area contributed by atoms with Gasteiger partial charge >= 0.3 is 0 Å². The van der Waals surface area contributed by atoms with Gasteiger partial charge in [0.1, 0.15) is 5.78 Å². The molecule has 3 nitrogen and oxygen atoms in total. The maximum absolute atomic E-state index is 11.9. The third-order valence-electron chi connectivity index (χ3n) is 3.72. The van der Waals surface area contributed by atoms with Gasteiger partial charge in [0.2, 0.25) is 0 Å². The van der Waals surface area contributed by atoms with E-state index in [0.29, 0.717) is 12.2 Å². The monoisotopic (exact) mass is 250 g/mol. The van der Waals surface area contributed by atoms with E-state index in [0.717, 1.165) is 19.6 Å². The molecule has 0 spiro atoms. The molecule has 2 aliphatic rings. The van der Waals surface area contributed by atoms with E-state index < -0.39 is 0 Å². The van der Waals surface area contributed by atoms with Gasteiger partial charge in [-0.05, 0) is 24.5 Å². The average molecular weight is 250 g/mol. The number of aryl methyl sites for hydroxylation is 1. The Morgan fingerprint density at radius 3 is 3.12 bits per heavy atom. The number of rotatable bonds is 1. The van der Waals surface area contributed by atoms with Crippen LogP contribution in [0, 0.1) is 0 Å². The maximum atomic E-state index is 11.9. The van der Waals surface area contributed by atoms with E-state index in [1.165, 1.54) is 28.3 Å². The van der Waals surface area contributed by atoms with Gasteiger partial charge in [0, 0.05) is 38.0 Å². The predicted molar refractivity (Wildman–Crippen MR) is 71.1 cm³/mol. The molecule has 92 valence electrons. The molecule has 3 rings (SSSR count). The van der Waals surface area contributed by atoms with Crippen molar-refractivity contribution in [1.29, 1.82) is 0 Å². The lowest BCUT2D eigenvalue weighted by molar-refractivity contribution is -0.121. The predicted octanol–water partition coefficient (Wildman–Crippen LogP) is 1.78. The summed E-state index contributed by atoms with van der Waals surface area (Å²) in [5.41, 5.74) is 1.44. The van der Waals surface area contributed by atoms with Crippen LogP contribution in [0.4, 0.5) is 5.00 Å². The highest BCUT2D eigenvalue weighted by Gasteiger charge is 2.27. The molecule has 1 fully saturated rings. The minimum Gasteiger partial charge on any atom is -0.366 e. The lowest BCUT2D eigenvalue weighted by Crippen LogP contribution is -2.34. The normalized spacial score (nSPS) is 24.9. The molecule has 0 bridgehead atoms. The average Bonchev–Trinajstić information content (AvgIpc) is 2.75. The Hall–Kier alpha value is -0.870. The molecule has 1 saturated heterocycles. The Morgan fingerprint density at radius 2 is 2.35 bits per heavy atom. The fraction of sp³-hybridized carbons (Fsp3) is 0.615. The highest BCUT2D eigenvalue weighted by atomic mass is 32.1. The van der Waals surface area contributed by atoms with E-state index in [2.05, 4.69) is 23.3 Å². The second-order valence-electron chi connectivity index (χ2n) is 4.98. The molecule has 1 aromatic heterocycles. The van der Waals surface area contributed by atoms with Crippen molar-refractivity contribution in [2.75, 3.05) is 31.6 Å². The van der Waals surface area contributed by atoms with E-state index in [1.807, 2.05) is 11.3 Å². The fourth-order valence-corrected chi connectivity index (χ4v) is 4.05. The van der Waals surface area contributed by atoms with Crippen molar-refractivity contribution in [2.45, 2.75) is 25.2 Å². The Morgan fingerprint density at radius 1 is 1.47 bits per heavy atom. The van der Waals surface area contributed by atoms with Gasteiger partial charge in [0.25, 0.3) is 0 Å². The number of hydrogen-bond acceptors (Lipinski definition) is 4. The van der Waals surface area contributed by atoms with Gasteiger partial charge in [-0.15, -0.1) is 11.3 Å². The van der Waals surface area contributed by atoms with Gasteiger partial charge in [0.15, 0.2) is 0 Å². The van der Waals surface area contributed by atoms with Crippen LogP contribution in [0.25, 0.3) is 0 Å². The minimum absolute atomic E-state index is 0.104. The topological polar surface area (TPSA) is 32.3 Å². The molecule has 1 N–H and O–H groups in total. The van der Waals surface area contributed by atoms with Crippen LogP contribution in [-0.2, 0) is 11.2 Å². The van der Waals surface area contributed by atoms with Crippen molar-refractivity contribution < 1.29 is 4.79 Å². The van der Waals surface area contributed by atoms with Gasteiger partial charge in [-0.2, -0.15) is 0 Å². The third-order valence-corrected chi connectivity index (χ3v) is 5.13. The van der Waals surface area contributed by atoms with Crippen molar-refractivity contribution in [3.8, 4) is 0 Å². The Bertz CT molecular complexity index is 441. The lowest BCUT2D eigenvalue weighted by atomic mass is 9.95. The molecule has 1 atom stereocenters. The molecule has 0 radical (unpaired) electrons. The van der Waals surface area contributed by atoms with E-state index in [1.54, 1.807) is 0 Å². The molecule has 1 aromatic rings. The highest BCUT2D eigenvalue weighted by molar-refractivity contribution is 7.16. The molecule has 0 saturated carbocycles. The summed E-state index contributed by atoms with van der Waals surface area (Å²) >= 11 is 1.82. The molecular formula is C13H18N2OS. The van der Waals surface area contributed by atoms with Crippen LogP contribution in [0.2, 0.25) is 0 Å². The number of Topliss-reactive ketones (excluding diaryl/α,β-unsaturated/α-hetero) is 1. The van der Waals surface area contributed by atoms with Crippen molar-refractivity contribution in [2.24, 2.45) is 0 Å². The summed E-state index contributed by atoms with van der Waals surface area (Å²) in [5.74, 6) is 0.512. The second-order valence-corrected chi connectivity index (χ2v) is 6.04. The number of hydrogen-bond donors (Lipinski definition) is 1. The largest absolute Gasteiger partial charge is 0.366 e. The zero-order valence-corrected chi connectivity index (χ0v) is 11.0. The number of anilines is 1. The third kappa shape index (κ3) is 2.00. The maximum Gasteiger partial charge on any atom is 0.143 e. The molecular weight excluding hydrogens is 232 g/mol. The summed E-state index contributed by atoms with van der Waals surface area (Å²) in [7, 11) is 2.15. The Labute approximate surface area is 106 Å². The number of ketones is 1. The zero-order chi connectivity index (χ0) is 11.8. The zero-order valence-electron chi connectivity index (χ0n) is 10.2. The quantitative estimate of drug-likeness (QED) is 0.824. The Balaban J connectivity index is 1.90. The van der Waals surface area contributed by atoms with Crippen molar-refractivity contribution in [3.63, 3.8) is 0 Å². The van der Waals surface area contributed by atoms with Gasteiger partial charge in [-0.3, -0.25) is 4.79 Å². The van der Waals surface area contributed by atoms with Crippen LogP contribution < -0.4 is 10.2 Å². The van der Waals surface area contributed by atoms with Gasteiger partial charge in [-0.25, -0.2) is 0 Å². The minimum atomic E-state index is 0.104. The van der Waals surface area contributed by atoms with Crippen molar-refractivity contribution in [1.82, 2.24) is 5.32 Å². The molecule has 4 heteroatoms. The number of thiophene rings is 1. The van der Waals surface area contributed by atoms with Gasteiger partial charge < -0.3 is 10.2 Å². The first-order chi connectivity index (χ1) is 8.25. The molecule has 1 unspecified atom stereocenters. The van der Waals surface area contributed by atoms with Crippen molar-refractivity contribution in [3.05, 3.63) is 16.5 Å². The fourth-order valence-electron chi connectivity index (χ4n) is 2.73. The number of fused-ring (bicyclic) bond motifs is 1. The standard InChI is InChI=1S/C13H18N2OS/c1-15-6-2-3-9-7-12(17-13(9)15)10-8-14-5-4-11(10)16/h7,10,14H,2-6,8H2,1H3. The summed E-state index contributed by atoms with van der Waals surface area (Å²) in [6.45, 7) is 2.81. The van der Waals surface area contributed by atoms with E-state index >= 15 is 0 Å². The van der Waals surface area contributed by atoms with Crippen LogP contribution in [0.5, 0.6) is 0 Å². The lowest BCUT2D eigenvalue weighted by Gasteiger charge is -2.23. The highest BCUT2D eigenvalue weighted by Crippen LogP contribution is 2.38. The van der Waals surface area contributed by atoms with E-state index in [9.17, 15) is 4.79 Å². The van der Waals surface area contributed by atoms with Gasteiger partial charge in [-0.1, -0.05) is 0 Å². The number of nitrogens with zero attached hydrogens (tertiary/aromatic N) is 1. The Kier molecular flexibility index (Phi) is 2.92. The van der Waals surface area contributed by atoms with Crippen LogP contribution in [0.15, 0.2) is 6.07 Å². The summed E-state index contributed by atoms with van der Waals surface area (Å²) in [6.07, 6.45) is 3.09. The molecule has 0 amide bonds. The van der Waals surface area contributed by atoms with Crippen LogP contribution in [-0.4, -0.2) is 32.5 Å². The molecule has 17 heavy (non-hydrogen) atoms. The van der Waals surface area contributed by atoms with Crippen LogP contribution in [0.3, 0.4) is 0 Å². The van der Waals surface area contributed by atoms with Crippen molar-refractivity contribution >= 4 is 22.1 Å². The number of carbonyl (C=O) groups excluding carboxylic acids is 1. The number of carbonyl (C=O) groups is 1. The van der Waals surface area contributed by atoms with Gasteiger partial charge in [0.05, 0.1) is 10.9 Å². The molecule has 0 aromatic carbocycles. The summed E-state index contributed by atoms with van der Waals surface area (Å²) in [4.78, 5) is 15.5. The molecule has 0 aliphatic carbocycles. The summed E-state index contributed by atoms with van der Waals surface area (Å²) in [6, 6.07) is 2.27. The summed E-state index contributed by atoms with van der Waals surface area (Å²) < 4.78 is 0. The number of nitrogens with one attached hydrogen (secondary N) is 1.